The van der Waals surface area contributed by atoms with Crippen LogP contribution in [0, 0.1) is 17.8 Å². The van der Waals surface area contributed by atoms with Crippen molar-refractivity contribution in [2.24, 2.45) is 17.8 Å². The number of phenolic OH excluding ortho intramolecular Hbond substituents is 1. The number of unbranched alkanes of at least 4 members (excludes halogenated alkanes) is 3. The number of esters is 1. The second-order valence-corrected chi connectivity index (χ2v) is 12.2. The van der Waals surface area contributed by atoms with Crippen LogP contribution in [0.25, 0.3) is 21.9 Å². The van der Waals surface area contributed by atoms with Gasteiger partial charge in [-0.3, -0.25) is 0 Å². The summed E-state index contributed by atoms with van der Waals surface area (Å²) in [5.41, 5.74) is 3.76. The number of carbonyl (C=O) groups excluding carboxylic acids is 1. The van der Waals surface area contributed by atoms with E-state index in [2.05, 4.69) is 37.3 Å². The molecule has 0 atom stereocenters. The molecule has 3 aromatic carbocycles. The molecule has 3 aromatic rings. The fraction of sp³-hybridized carbons (Fsp3) is 0.500. The zero-order chi connectivity index (χ0) is 26.3. The van der Waals surface area contributed by atoms with E-state index in [0.717, 1.165) is 53.0 Å². The first-order chi connectivity index (χ1) is 18.5. The van der Waals surface area contributed by atoms with Gasteiger partial charge in [0, 0.05) is 5.56 Å². The highest BCUT2D eigenvalue weighted by Gasteiger charge is 2.52. The van der Waals surface area contributed by atoms with Crippen molar-refractivity contribution in [1.82, 2.24) is 0 Å². The van der Waals surface area contributed by atoms with Gasteiger partial charge in [-0.25, -0.2) is 4.79 Å². The molecule has 0 unspecified atom stereocenters. The lowest BCUT2D eigenvalue weighted by atomic mass is 9.48. The van der Waals surface area contributed by atoms with Gasteiger partial charge in [-0.2, -0.15) is 0 Å². The number of hydrogen-bond donors (Lipinski definition) is 1. The Morgan fingerprint density at radius 3 is 2.34 bits per heavy atom. The summed E-state index contributed by atoms with van der Waals surface area (Å²) in [5, 5.41) is 12.9. The van der Waals surface area contributed by atoms with Gasteiger partial charge in [0.05, 0.1) is 13.7 Å². The highest BCUT2D eigenvalue weighted by molar-refractivity contribution is 5.99. The third-order valence-electron chi connectivity index (χ3n) is 9.56. The quantitative estimate of drug-likeness (QED) is 0.231. The third-order valence-corrected chi connectivity index (χ3v) is 9.56. The van der Waals surface area contributed by atoms with Gasteiger partial charge in [-0.05, 0) is 114 Å². The van der Waals surface area contributed by atoms with Crippen molar-refractivity contribution in [3.63, 3.8) is 0 Å². The summed E-state index contributed by atoms with van der Waals surface area (Å²) in [5.74, 6) is 3.06. The topological polar surface area (TPSA) is 55.8 Å². The lowest BCUT2D eigenvalue weighted by molar-refractivity contribution is -0.00633. The number of methoxy groups -OCH3 is 1. The molecule has 38 heavy (non-hydrogen) atoms. The standard InChI is InChI=1S/C34H40O4/c1-3-4-5-6-12-38-32-17-25-8-7-9-27(26-10-11-28(31(35)16-26)33(36)37-2)29(25)18-30(32)34-19-22-13-23(20-34)15-24(14-22)21-34/h7-11,16-18,22-24,35H,3-6,12-15,19-21H2,1-2H3. The van der Waals surface area contributed by atoms with Crippen molar-refractivity contribution in [3.05, 3.63) is 59.7 Å². The minimum atomic E-state index is -0.531. The molecule has 0 spiro atoms. The molecule has 7 rings (SSSR count). The van der Waals surface area contributed by atoms with Crippen LogP contribution in [0.3, 0.4) is 0 Å². The van der Waals surface area contributed by atoms with Crippen LogP contribution in [0.2, 0.25) is 0 Å². The molecule has 0 heterocycles. The maximum absolute atomic E-state index is 12.0. The summed E-state index contributed by atoms with van der Waals surface area (Å²) in [6.45, 7) is 3.02. The number of carbonyl (C=O) groups is 1. The second-order valence-electron chi connectivity index (χ2n) is 12.2. The minimum Gasteiger partial charge on any atom is -0.507 e. The monoisotopic (exact) mass is 512 g/mol. The van der Waals surface area contributed by atoms with Crippen LogP contribution in [-0.2, 0) is 10.2 Å². The summed E-state index contributed by atoms with van der Waals surface area (Å²) in [6, 6.07) is 16.3. The van der Waals surface area contributed by atoms with Crippen molar-refractivity contribution in [1.29, 1.82) is 0 Å². The van der Waals surface area contributed by atoms with E-state index in [1.54, 1.807) is 12.1 Å². The van der Waals surface area contributed by atoms with Gasteiger partial charge in [0.1, 0.15) is 17.1 Å². The molecule has 0 aromatic heterocycles. The van der Waals surface area contributed by atoms with E-state index in [9.17, 15) is 9.90 Å². The average molecular weight is 513 g/mol. The smallest absolute Gasteiger partial charge is 0.341 e. The molecule has 200 valence electrons. The lowest BCUT2D eigenvalue weighted by Crippen LogP contribution is -2.48. The lowest BCUT2D eigenvalue weighted by Gasteiger charge is -2.57. The van der Waals surface area contributed by atoms with Gasteiger partial charge >= 0.3 is 5.97 Å². The third kappa shape index (κ3) is 4.57. The average Bonchev–Trinajstić information content (AvgIpc) is 2.91. The fourth-order valence-corrected chi connectivity index (χ4v) is 8.22. The van der Waals surface area contributed by atoms with Crippen LogP contribution in [-0.4, -0.2) is 24.8 Å². The first kappa shape index (κ1) is 25.3. The van der Waals surface area contributed by atoms with Gasteiger partial charge in [-0.15, -0.1) is 0 Å². The number of rotatable bonds is 9. The summed E-state index contributed by atoms with van der Waals surface area (Å²) in [4.78, 5) is 12.0. The van der Waals surface area contributed by atoms with E-state index >= 15 is 0 Å². The Morgan fingerprint density at radius 2 is 1.68 bits per heavy atom. The molecular formula is C34H40O4. The second kappa shape index (κ2) is 10.3. The highest BCUT2D eigenvalue weighted by atomic mass is 16.5. The van der Waals surface area contributed by atoms with E-state index < -0.39 is 5.97 Å². The Balaban J connectivity index is 1.44. The predicted molar refractivity (Wildman–Crippen MR) is 152 cm³/mol. The number of fused-ring (bicyclic) bond motifs is 1. The first-order valence-corrected chi connectivity index (χ1v) is 14.6. The number of benzene rings is 3. The fourth-order valence-electron chi connectivity index (χ4n) is 8.22. The van der Waals surface area contributed by atoms with Crippen LogP contribution in [0.5, 0.6) is 11.5 Å². The van der Waals surface area contributed by atoms with Gasteiger partial charge < -0.3 is 14.6 Å². The van der Waals surface area contributed by atoms with Crippen molar-refractivity contribution in [2.75, 3.05) is 13.7 Å². The molecule has 1 N–H and O–H groups in total. The molecule has 4 aliphatic carbocycles. The molecular weight excluding hydrogens is 472 g/mol. The molecule has 4 heteroatoms. The van der Waals surface area contributed by atoms with Crippen molar-refractivity contribution >= 4 is 16.7 Å². The summed E-state index contributed by atoms with van der Waals surface area (Å²) in [6.07, 6.45) is 12.9. The number of phenols is 1. The summed E-state index contributed by atoms with van der Waals surface area (Å²) < 4.78 is 11.4. The van der Waals surface area contributed by atoms with Crippen LogP contribution in [0.4, 0.5) is 0 Å². The Hall–Kier alpha value is -3.01. The summed E-state index contributed by atoms with van der Waals surface area (Å²) >= 11 is 0. The maximum Gasteiger partial charge on any atom is 0.341 e. The Morgan fingerprint density at radius 1 is 0.947 bits per heavy atom. The van der Waals surface area contributed by atoms with E-state index in [1.165, 1.54) is 75.8 Å². The molecule has 0 saturated heterocycles. The highest BCUT2D eigenvalue weighted by Crippen LogP contribution is 2.62. The van der Waals surface area contributed by atoms with E-state index in [-0.39, 0.29) is 16.7 Å². The summed E-state index contributed by atoms with van der Waals surface area (Å²) in [7, 11) is 1.33. The molecule has 4 bridgehead atoms. The van der Waals surface area contributed by atoms with Gasteiger partial charge in [0.2, 0.25) is 0 Å². The zero-order valence-electron chi connectivity index (χ0n) is 22.8. The van der Waals surface area contributed by atoms with Crippen LogP contribution in [0.15, 0.2) is 48.5 Å². The number of aromatic hydroxyl groups is 1. The normalized spacial score (nSPS) is 25.6. The molecule has 4 nitrogen and oxygen atoms in total. The van der Waals surface area contributed by atoms with E-state index in [1.807, 2.05) is 6.07 Å². The van der Waals surface area contributed by atoms with Crippen LogP contribution >= 0.6 is 0 Å². The van der Waals surface area contributed by atoms with E-state index in [0.29, 0.717) is 0 Å². The number of hydrogen-bond acceptors (Lipinski definition) is 4. The van der Waals surface area contributed by atoms with Crippen LogP contribution in [0.1, 0.15) is 87.1 Å². The molecule has 0 amide bonds. The van der Waals surface area contributed by atoms with Crippen molar-refractivity contribution in [3.8, 4) is 22.6 Å². The predicted octanol–water partition coefficient (Wildman–Crippen LogP) is 8.43. The zero-order valence-corrected chi connectivity index (χ0v) is 22.8. The Bertz CT molecular complexity index is 1300. The maximum atomic E-state index is 12.0. The van der Waals surface area contributed by atoms with Gasteiger partial charge in [0.15, 0.2) is 0 Å². The molecule has 4 aliphatic rings. The Labute approximate surface area is 226 Å². The largest absolute Gasteiger partial charge is 0.507 e. The minimum absolute atomic E-state index is 0.0558. The SMILES string of the molecule is CCCCCCOc1cc2cccc(-c3ccc(C(=O)OC)c(O)c3)c2cc1C12CC3CC(CC(C3)C1)C2. The Kier molecular flexibility index (Phi) is 6.84. The molecule has 0 aliphatic heterocycles. The van der Waals surface area contributed by atoms with Gasteiger partial charge in [-0.1, -0.05) is 50.5 Å². The number of ether oxygens (including phenoxy) is 2. The first-order valence-electron chi connectivity index (χ1n) is 14.6. The van der Waals surface area contributed by atoms with Crippen LogP contribution < -0.4 is 4.74 Å². The van der Waals surface area contributed by atoms with Crippen molar-refractivity contribution < 1.29 is 19.4 Å². The molecule has 0 radical (unpaired) electrons. The van der Waals surface area contributed by atoms with E-state index in [4.69, 9.17) is 9.47 Å². The molecule has 4 fully saturated rings. The van der Waals surface area contributed by atoms with Crippen molar-refractivity contribution in [2.45, 2.75) is 76.5 Å². The van der Waals surface area contributed by atoms with Gasteiger partial charge in [0.25, 0.3) is 0 Å². The molecule has 4 saturated carbocycles.